The molecule has 2 aliphatic rings. The van der Waals surface area contributed by atoms with Crippen LogP contribution in [-0.2, 0) is 4.74 Å². The Labute approximate surface area is 127 Å². The number of ether oxygens (including phenoxy) is 1. The van der Waals surface area contributed by atoms with Gasteiger partial charge in [-0.2, -0.15) is 0 Å². The van der Waals surface area contributed by atoms with Crippen LogP contribution in [-0.4, -0.2) is 43.1 Å². The lowest BCUT2D eigenvalue weighted by Gasteiger charge is -2.39. The van der Waals surface area contributed by atoms with Crippen LogP contribution in [0.4, 0.5) is 0 Å². The van der Waals surface area contributed by atoms with Crippen molar-refractivity contribution < 1.29 is 4.74 Å². The van der Waals surface area contributed by atoms with Gasteiger partial charge in [0.05, 0.1) is 0 Å². The van der Waals surface area contributed by atoms with Crippen LogP contribution in [0.5, 0.6) is 0 Å². The molecule has 19 heavy (non-hydrogen) atoms. The summed E-state index contributed by atoms with van der Waals surface area (Å²) in [5.74, 6) is 1.80. The van der Waals surface area contributed by atoms with Gasteiger partial charge in [0.15, 0.2) is 0 Å². The average Bonchev–Trinajstić information content (AvgIpc) is 2.65. The van der Waals surface area contributed by atoms with Gasteiger partial charge in [-0.05, 0) is 62.4 Å². The second kappa shape index (κ2) is 7.42. The van der Waals surface area contributed by atoms with Crippen molar-refractivity contribution in [2.75, 3.05) is 38.2 Å². The van der Waals surface area contributed by atoms with E-state index in [2.05, 4.69) is 34.7 Å². The van der Waals surface area contributed by atoms with Crippen LogP contribution in [0.3, 0.4) is 0 Å². The molecule has 1 atom stereocenters. The highest BCUT2D eigenvalue weighted by Crippen LogP contribution is 2.35. The van der Waals surface area contributed by atoms with Gasteiger partial charge in [0.25, 0.3) is 0 Å². The summed E-state index contributed by atoms with van der Waals surface area (Å²) in [6.07, 6.45) is 6.66. The van der Waals surface area contributed by atoms with Crippen molar-refractivity contribution >= 4 is 15.9 Å². The highest BCUT2D eigenvalue weighted by molar-refractivity contribution is 9.09. The van der Waals surface area contributed by atoms with Crippen molar-refractivity contribution in [3.8, 4) is 0 Å². The molecule has 0 N–H and O–H groups in total. The Morgan fingerprint density at radius 3 is 2.58 bits per heavy atom. The van der Waals surface area contributed by atoms with Crippen LogP contribution in [0.1, 0.15) is 46.0 Å². The summed E-state index contributed by atoms with van der Waals surface area (Å²) >= 11 is 3.77. The zero-order valence-electron chi connectivity index (χ0n) is 12.7. The number of rotatable bonds is 4. The van der Waals surface area contributed by atoms with Gasteiger partial charge in [0, 0.05) is 25.1 Å². The van der Waals surface area contributed by atoms with Crippen LogP contribution in [0.2, 0.25) is 0 Å². The predicted octanol–water partition coefficient (Wildman–Crippen LogP) is 3.94. The molecule has 0 aromatic rings. The zero-order valence-corrected chi connectivity index (χ0v) is 14.3. The number of likely N-dealkylation sites (tertiary alicyclic amines) is 1. The summed E-state index contributed by atoms with van der Waals surface area (Å²) in [6.45, 7) is 10.6. The van der Waals surface area contributed by atoms with Crippen LogP contribution in [0.25, 0.3) is 0 Å². The topological polar surface area (TPSA) is 12.5 Å². The first-order valence-electron chi connectivity index (χ1n) is 8.01. The molecule has 3 heteroatoms. The number of hydrogen-bond acceptors (Lipinski definition) is 2. The molecule has 0 aromatic carbocycles. The molecule has 0 saturated carbocycles. The smallest absolute Gasteiger partial charge is 0.0472 e. The minimum absolute atomic E-state index is 0.468. The highest BCUT2D eigenvalue weighted by Gasteiger charge is 2.34. The maximum atomic E-state index is 5.55. The third-order valence-electron chi connectivity index (χ3n) is 5.20. The van der Waals surface area contributed by atoms with Gasteiger partial charge in [-0.3, -0.25) is 0 Å². The minimum Gasteiger partial charge on any atom is -0.381 e. The van der Waals surface area contributed by atoms with E-state index in [1.54, 1.807) is 0 Å². The number of alkyl halides is 1. The summed E-state index contributed by atoms with van der Waals surface area (Å²) in [6, 6.07) is 0. The normalized spacial score (nSPS) is 29.4. The van der Waals surface area contributed by atoms with Crippen molar-refractivity contribution in [1.82, 2.24) is 4.90 Å². The van der Waals surface area contributed by atoms with E-state index < -0.39 is 0 Å². The first-order chi connectivity index (χ1) is 9.15. The Kier molecular flexibility index (Phi) is 6.16. The standard InChI is InChI=1S/C16H30BrNO/c1-14(2)15-4-3-8-18(9-5-15)13-16(12-17)6-10-19-11-7-16/h14-15H,3-13H2,1-2H3. The molecule has 2 aliphatic heterocycles. The fraction of sp³-hybridized carbons (Fsp3) is 1.00. The average molecular weight is 332 g/mol. The highest BCUT2D eigenvalue weighted by atomic mass is 79.9. The van der Waals surface area contributed by atoms with E-state index in [9.17, 15) is 0 Å². The first kappa shape index (κ1) is 15.8. The van der Waals surface area contributed by atoms with E-state index in [0.29, 0.717) is 5.41 Å². The molecule has 2 saturated heterocycles. The fourth-order valence-electron chi connectivity index (χ4n) is 3.62. The molecule has 0 aromatic heterocycles. The lowest BCUT2D eigenvalue weighted by molar-refractivity contribution is 0.00845. The molecule has 0 bridgehead atoms. The van der Waals surface area contributed by atoms with E-state index in [0.717, 1.165) is 30.4 Å². The fourth-order valence-corrected chi connectivity index (χ4v) is 4.36. The molecular formula is C16H30BrNO. The molecule has 1 unspecified atom stereocenters. The van der Waals surface area contributed by atoms with Crippen molar-refractivity contribution in [2.45, 2.75) is 46.0 Å². The van der Waals surface area contributed by atoms with Crippen LogP contribution < -0.4 is 0 Å². The van der Waals surface area contributed by atoms with E-state index in [1.807, 2.05) is 0 Å². The Balaban J connectivity index is 1.87. The Morgan fingerprint density at radius 2 is 1.95 bits per heavy atom. The monoisotopic (exact) mass is 331 g/mol. The summed E-state index contributed by atoms with van der Waals surface area (Å²) in [5.41, 5.74) is 0.468. The predicted molar refractivity (Wildman–Crippen MR) is 84.9 cm³/mol. The van der Waals surface area contributed by atoms with E-state index in [4.69, 9.17) is 4.74 Å². The van der Waals surface area contributed by atoms with Crippen LogP contribution >= 0.6 is 15.9 Å². The van der Waals surface area contributed by atoms with Crippen molar-refractivity contribution in [3.05, 3.63) is 0 Å². The number of halogens is 1. The summed E-state index contributed by atoms with van der Waals surface area (Å²) in [7, 11) is 0. The Morgan fingerprint density at radius 1 is 1.21 bits per heavy atom. The largest absolute Gasteiger partial charge is 0.381 e. The van der Waals surface area contributed by atoms with Gasteiger partial charge in [-0.15, -0.1) is 0 Å². The molecule has 0 spiro atoms. The Bertz CT molecular complexity index is 263. The molecule has 0 amide bonds. The molecule has 0 radical (unpaired) electrons. The third kappa shape index (κ3) is 4.44. The van der Waals surface area contributed by atoms with E-state index in [-0.39, 0.29) is 0 Å². The van der Waals surface area contributed by atoms with Crippen LogP contribution in [0, 0.1) is 17.3 Å². The summed E-state index contributed by atoms with van der Waals surface area (Å²) in [5, 5.41) is 1.13. The molecule has 2 nitrogen and oxygen atoms in total. The van der Waals surface area contributed by atoms with E-state index in [1.165, 1.54) is 51.7 Å². The van der Waals surface area contributed by atoms with Crippen molar-refractivity contribution in [2.24, 2.45) is 17.3 Å². The molecular weight excluding hydrogens is 302 g/mol. The Hall–Kier alpha value is 0.400. The molecule has 0 aliphatic carbocycles. The lowest BCUT2D eigenvalue weighted by atomic mass is 9.81. The van der Waals surface area contributed by atoms with Gasteiger partial charge in [-0.25, -0.2) is 0 Å². The maximum absolute atomic E-state index is 5.55. The second-order valence-electron chi connectivity index (χ2n) is 6.96. The van der Waals surface area contributed by atoms with Gasteiger partial charge < -0.3 is 9.64 Å². The molecule has 2 fully saturated rings. The second-order valence-corrected chi connectivity index (χ2v) is 7.52. The molecule has 2 heterocycles. The van der Waals surface area contributed by atoms with Crippen molar-refractivity contribution in [3.63, 3.8) is 0 Å². The lowest BCUT2D eigenvalue weighted by Crippen LogP contribution is -2.43. The third-order valence-corrected chi connectivity index (χ3v) is 6.39. The SMILES string of the molecule is CC(C)C1CCCN(CC2(CBr)CCOCC2)CC1. The molecule has 2 rings (SSSR count). The maximum Gasteiger partial charge on any atom is 0.0472 e. The zero-order chi connectivity index (χ0) is 13.7. The van der Waals surface area contributed by atoms with Crippen LogP contribution in [0.15, 0.2) is 0 Å². The van der Waals surface area contributed by atoms with Gasteiger partial charge >= 0.3 is 0 Å². The minimum atomic E-state index is 0.468. The van der Waals surface area contributed by atoms with Gasteiger partial charge in [0.1, 0.15) is 0 Å². The summed E-state index contributed by atoms with van der Waals surface area (Å²) < 4.78 is 5.55. The van der Waals surface area contributed by atoms with E-state index >= 15 is 0 Å². The quantitative estimate of drug-likeness (QED) is 0.723. The number of hydrogen-bond donors (Lipinski definition) is 0. The number of nitrogens with zero attached hydrogens (tertiary/aromatic N) is 1. The van der Waals surface area contributed by atoms with Crippen molar-refractivity contribution in [1.29, 1.82) is 0 Å². The first-order valence-corrected chi connectivity index (χ1v) is 9.13. The molecule has 112 valence electrons. The summed E-state index contributed by atoms with van der Waals surface area (Å²) in [4.78, 5) is 2.73. The van der Waals surface area contributed by atoms with Gasteiger partial charge in [-0.1, -0.05) is 29.8 Å². The van der Waals surface area contributed by atoms with Gasteiger partial charge in [0.2, 0.25) is 0 Å².